The van der Waals surface area contributed by atoms with E-state index in [1.165, 1.54) is 6.07 Å². The van der Waals surface area contributed by atoms with Crippen LogP contribution in [-0.2, 0) is 22.7 Å². The first-order chi connectivity index (χ1) is 19.0. The minimum absolute atomic E-state index is 0.0688. The Bertz CT molecular complexity index is 1250. The molecule has 1 aliphatic heterocycles. The third-order valence-electron chi connectivity index (χ3n) is 5.55. The molecule has 1 aliphatic rings. The quantitative estimate of drug-likeness (QED) is 0.105. The molecule has 0 bridgehead atoms. The van der Waals surface area contributed by atoms with Gasteiger partial charge in [-0.1, -0.05) is 38.1 Å². The van der Waals surface area contributed by atoms with Crippen LogP contribution in [0.25, 0.3) is 11.1 Å². The zero-order chi connectivity index (χ0) is 28.6. The summed E-state index contributed by atoms with van der Waals surface area (Å²) < 4.78 is 10.9. The third kappa shape index (κ3) is 9.76. The first-order valence-corrected chi connectivity index (χ1v) is 14.5. The van der Waals surface area contributed by atoms with E-state index in [2.05, 4.69) is 41.8 Å². The molecule has 0 atom stereocenters. The summed E-state index contributed by atoms with van der Waals surface area (Å²) in [6.07, 6.45) is 2.77. The van der Waals surface area contributed by atoms with Crippen LogP contribution in [0.3, 0.4) is 0 Å². The summed E-state index contributed by atoms with van der Waals surface area (Å²) in [5.41, 5.74) is 4.93. The number of rotatable bonds is 10. The number of carboxylic acids is 1. The number of aliphatic imine (C=N–C) groups is 1. The van der Waals surface area contributed by atoms with E-state index in [4.69, 9.17) is 14.6 Å². The summed E-state index contributed by atoms with van der Waals surface area (Å²) in [4.78, 5) is 28.5. The van der Waals surface area contributed by atoms with Gasteiger partial charge in [0.05, 0.1) is 17.9 Å². The van der Waals surface area contributed by atoms with Gasteiger partial charge in [-0.05, 0) is 78.2 Å². The van der Waals surface area contributed by atoms with Crippen LogP contribution in [0.4, 0.5) is 5.69 Å². The van der Waals surface area contributed by atoms with Gasteiger partial charge in [-0.15, -0.1) is 11.8 Å². The van der Waals surface area contributed by atoms with Crippen LogP contribution >= 0.6 is 24.4 Å². The zero-order valence-electron chi connectivity index (χ0n) is 22.6. The van der Waals surface area contributed by atoms with Gasteiger partial charge in [-0.3, -0.25) is 9.79 Å². The van der Waals surface area contributed by atoms with Crippen LogP contribution in [0.2, 0.25) is 0 Å². The Labute approximate surface area is 240 Å². The number of benzene rings is 3. The second kappa shape index (κ2) is 17.3. The van der Waals surface area contributed by atoms with Crippen molar-refractivity contribution in [1.29, 1.82) is 0 Å². The van der Waals surface area contributed by atoms with Gasteiger partial charge in [0, 0.05) is 23.4 Å². The Hall–Kier alpha value is -3.27. The van der Waals surface area contributed by atoms with E-state index >= 15 is 0 Å². The van der Waals surface area contributed by atoms with Crippen molar-refractivity contribution < 1.29 is 24.2 Å². The fourth-order valence-electron chi connectivity index (χ4n) is 3.73. The molecule has 39 heavy (non-hydrogen) atoms. The smallest absolute Gasteiger partial charge is 0.335 e. The molecule has 9 heteroatoms. The predicted octanol–water partition coefficient (Wildman–Crippen LogP) is 7.01. The van der Waals surface area contributed by atoms with Crippen LogP contribution in [-0.4, -0.2) is 42.5 Å². The predicted molar refractivity (Wildman–Crippen MR) is 163 cm³/mol. The van der Waals surface area contributed by atoms with Crippen LogP contribution in [0, 0.1) is 0 Å². The van der Waals surface area contributed by atoms with Gasteiger partial charge in [0.1, 0.15) is 5.75 Å². The Balaban J connectivity index is 0.00000127. The molecule has 7 nitrogen and oxygen atoms in total. The molecule has 0 aliphatic carbocycles. The second-order valence-corrected chi connectivity index (χ2v) is 9.14. The first kappa shape index (κ1) is 31.9. The highest BCUT2D eigenvalue weighted by Crippen LogP contribution is 2.36. The van der Waals surface area contributed by atoms with Crippen LogP contribution in [0.1, 0.15) is 48.2 Å². The SMILES string of the molecule is C=Nc1ccc(-c2ccc3c(c2)COCO3)cc1SCCCC(=O)NCc1cccc(C(=O)O)c1.CC.CS. The van der Waals surface area contributed by atoms with Crippen molar-refractivity contribution >= 4 is 48.7 Å². The molecular formula is C30H36N2O5S2. The first-order valence-electron chi connectivity index (χ1n) is 12.6. The highest BCUT2D eigenvalue weighted by molar-refractivity contribution is 7.99. The molecule has 0 aromatic heterocycles. The number of hydrogen-bond donors (Lipinski definition) is 3. The van der Waals surface area contributed by atoms with Gasteiger partial charge in [0.25, 0.3) is 0 Å². The molecule has 0 unspecified atom stereocenters. The standard InChI is InChI=1S/C27H26N2O5S.C2H6.CH4S/c1-28-23-9-7-20(19-8-10-24-22(13-19)16-33-17-34-24)14-25(23)35-11-3-6-26(30)29-15-18-4-2-5-21(12-18)27(31)32;2*1-2/h2,4-5,7-10,12-14H,1,3,6,11,15-17H2,(H,29,30)(H,31,32);1-2H3;2H,1H3. The maximum absolute atomic E-state index is 12.2. The summed E-state index contributed by atoms with van der Waals surface area (Å²) in [5, 5.41) is 11.9. The normalized spacial score (nSPS) is 11.4. The Morgan fingerprint density at radius 2 is 1.82 bits per heavy atom. The third-order valence-corrected chi connectivity index (χ3v) is 6.68. The van der Waals surface area contributed by atoms with Gasteiger partial charge < -0.3 is 19.9 Å². The number of carboxylic acid groups (broad SMARTS) is 1. The molecular weight excluding hydrogens is 532 g/mol. The van der Waals surface area contributed by atoms with E-state index in [1.807, 2.05) is 38.1 Å². The monoisotopic (exact) mass is 568 g/mol. The molecule has 2 N–H and O–H groups in total. The van der Waals surface area contributed by atoms with Crippen molar-refractivity contribution in [3.8, 4) is 16.9 Å². The molecule has 3 aromatic carbocycles. The average Bonchev–Trinajstić information content (AvgIpc) is 3.00. The fourth-order valence-corrected chi connectivity index (χ4v) is 4.73. The topological polar surface area (TPSA) is 97.2 Å². The lowest BCUT2D eigenvalue weighted by Gasteiger charge is -2.18. The number of hydrogen-bond acceptors (Lipinski definition) is 7. The van der Waals surface area contributed by atoms with Crippen LogP contribution < -0.4 is 10.1 Å². The molecule has 4 rings (SSSR count). The van der Waals surface area contributed by atoms with Gasteiger partial charge in [-0.2, -0.15) is 12.6 Å². The highest BCUT2D eigenvalue weighted by Gasteiger charge is 2.13. The molecule has 3 aromatic rings. The number of fused-ring (bicyclic) bond motifs is 1. The van der Waals surface area contributed by atoms with Gasteiger partial charge in [0.2, 0.25) is 5.91 Å². The van der Waals surface area contributed by atoms with Gasteiger partial charge in [-0.25, -0.2) is 4.79 Å². The number of ether oxygens (including phenoxy) is 2. The Kier molecular flexibility index (Phi) is 14.2. The number of aromatic carboxylic acids is 1. The fraction of sp³-hybridized carbons (Fsp3) is 0.300. The number of amides is 1. The largest absolute Gasteiger partial charge is 0.478 e. The number of thioether (sulfide) groups is 1. The molecule has 0 radical (unpaired) electrons. The number of nitrogens with zero attached hydrogens (tertiary/aromatic N) is 1. The summed E-state index contributed by atoms with van der Waals surface area (Å²) in [6, 6.07) is 18.7. The Morgan fingerprint density at radius 1 is 1.08 bits per heavy atom. The molecule has 0 saturated heterocycles. The van der Waals surface area contributed by atoms with Crippen molar-refractivity contribution in [2.45, 2.75) is 44.7 Å². The van der Waals surface area contributed by atoms with Crippen molar-refractivity contribution in [3.05, 3.63) is 77.4 Å². The lowest BCUT2D eigenvalue weighted by atomic mass is 10.0. The summed E-state index contributed by atoms with van der Waals surface area (Å²) in [7, 11) is 0. The number of carbonyl (C=O) groups is 2. The maximum atomic E-state index is 12.2. The molecule has 1 amide bonds. The van der Waals surface area contributed by atoms with E-state index < -0.39 is 5.97 Å². The number of nitrogens with one attached hydrogen (secondary N) is 1. The zero-order valence-corrected chi connectivity index (χ0v) is 24.3. The maximum Gasteiger partial charge on any atom is 0.335 e. The van der Waals surface area contributed by atoms with E-state index in [-0.39, 0.29) is 18.3 Å². The molecule has 208 valence electrons. The van der Waals surface area contributed by atoms with Crippen molar-refractivity contribution in [1.82, 2.24) is 5.32 Å². The summed E-state index contributed by atoms with van der Waals surface area (Å²) >= 11 is 5.17. The van der Waals surface area contributed by atoms with Crippen molar-refractivity contribution in [2.24, 2.45) is 4.99 Å². The minimum atomic E-state index is -0.984. The van der Waals surface area contributed by atoms with E-state index in [0.717, 1.165) is 44.3 Å². The van der Waals surface area contributed by atoms with E-state index in [9.17, 15) is 9.59 Å². The highest BCUT2D eigenvalue weighted by atomic mass is 32.2. The van der Waals surface area contributed by atoms with Gasteiger partial charge >= 0.3 is 5.97 Å². The lowest BCUT2D eigenvalue weighted by Crippen LogP contribution is -2.22. The second-order valence-electron chi connectivity index (χ2n) is 8.01. The van der Waals surface area contributed by atoms with Crippen molar-refractivity contribution in [3.63, 3.8) is 0 Å². The van der Waals surface area contributed by atoms with Crippen molar-refractivity contribution in [2.75, 3.05) is 18.8 Å². The lowest BCUT2D eigenvalue weighted by molar-refractivity contribution is -0.121. The number of thiol groups is 1. The molecule has 0 saturated carbocycles. The summed E-state index contributed by atoms with van der Waals surface area (Å²) in [6.45, 7) is 8.80. The number of carbonyl (C=O) groups excluding carboxylic acids is 1. The van der Waals surface area contributed by atoms with E-state index in [1.54, 1.807) is 36.2 Å². The summed E-state index contributed by atoms with van der Waals surface area (Å²) in [5.74, 6) is 0.551. The average molecular weight is 569 g/mol. The molecule has 0 fully saturated rings. The van der Waals surface area contributed by atoms with E-state index in [0.29, 0.717) is 26.0 Å². The molecule has 0 spiro atoms. The molecule has 1 heterocycles. The Morgan fingerprint density at radius 3 is 2.56 bits per heavy atom. The van der Waals surface area contributed by atoms with Gasteiger partial charge in [0.15, 0.2) is 6.79 Å². The van der Waals surface area contributed by atoms with Crippen LogP contribution in [0.5, 0.6) is 5.75 Å². The van der Waals surface area contributed by atoms with Crippen LogP contribution in [0.15, 0.2) is 70.6 Å². The minimum Gasteiger partial charge on any atom is -0.478 e.